The van der Waals surface area contributed by atoms with Crippen molar-refractivity contribution in [3.63, 3.8) is 0 Å². The van der Waals surface area contributed by atoms with Gasteiger partial charge in [0.1, 0.15) is 5.82 Å². The molecule has 118 valence electrons. The fourth-order valence-corrected chi connectivity index (χ4v) is 2.33. The first-order chi connectivity index (χ1) is 10.5. The zero-order chi connectivity index (χ0) is 15.6. The standard InChI is InChI=1S/C13H14F3N5O/c14-13(15,16)10-1-2-11(17-7-10)21-5-3-20(4-6-21)8-12-19-18-9-22-12/h1-2,7,9H,3-6,8H2. The minimum atomic E-state index is -4.35. The molecule has 2 aromatic rings. The van der Waals surface area contributed by atoms with Gasteiger partial charge in [-0.05, 0) is 12.1 Å². The van der Waals surface area contributed by atoms with Crippen molar-refractivity contribution >= 4 is 5.82 Å². The van der Waals surface area contributed by atoms with Crippen molar-refractivity contribution in [2.24, 2.45) is 0 Å². The van der Waals surface area contributed by atoms with Crippen LogP contribution in [0.4, 0.5) is 19.0 Å². The lowest BCUT2D eigenvalue weighted by atomic mass is 10.2. The van der Waals surface area contributed by atoms with E-state index in [1.54, 1.807) is 0 Å². The first-order valence-electron chi connectivity index (χ1n) is 6.78. The van der Waals surface area contributed by atoms with Gasteiger partial charge in [-0.2, -0.15) is 13.2 Å². The van der Waals surface area contributed by atoms with E-state index < -0.39 is 11.7 Å². The molecule has 0 aliphatic carbocycles. The van der Waals surface area contributed by atoms with Crippen molar-refractivity contribution in [3.8, 4) is 0 Å². The Morgan fingerprint density at radius 3 is 2.45 bits per heavy atom. The largest absolute Gasteiger partial charge is 0.427 e. The summed E-state index contributed by atoms with van der Waals surface area (Å²) in [4.78, 5) is 8.03. The summed E-state index contributed by atoms with van der Waals surface area (Å²) in [6, 6.07) is 2.48. The highest BCUT2D eigenvalue weighted by molar-refractivity contribution is 5.40. The third kappa shape index (κ3) is 3.35. The molecule has 1 aliphatic rings. The van der Waals surface area contributed by atoms with E-state index in [9.17, 15) is 13.2 Å². The molecule has 0 amide bonds. The highest BCUT2D eigenvalue weighted by atomic mass is 19.4. The second-order valence-electron chi connectivity index (χ2n) is 5.00. The molecule has 0 radical (unpaired) electrons. The number of halogens is 3. The summed E-state index contributed by atoms with van der Waals surface area (Å²) in [5.41, 5.74) is -0.730. The summed E-state index contributed by atoms with van der Waals surface area (Å²) in [5, 5.41) is 7.45. The molecule has 3 rings (SSSR count). The normalized spacial score (nSPS) is 17.0. The lowest BCUT2D eigenvalue weighted by molar-refractivity contribution is -0.137. The number of aromatic nitrogens is 3. The Bertz CT molecular complexity index is 591. The Balaban J connectivity index is 1.57. The molecule has 1 fully saturated rings. The summed E-state index contributed by atoms with van der Waals surface area (Å²) >= 11 is 0. The number of piperazine rings is 1. The van der Waals surface area contributed by atoms with Crippen molar-refractivity contribution in [1.29, 1.82) is 0 Å². The van der Waals surface area contributed by atoms with Crippen LogP contribution in [0.1, 0.15) is 11.5 Å². The average Bonchev–Trinajstić information content (AvgIpc) is 3.00. The smallest absolute Gasteiger partial charge is 0.417 e. The molecule has 2 aromatic heterocycles. The molecule has 1 aliphatic heterocycles. The van der Waals surface area contributed by atoms with E-state index in [2.05, 4.69) is 20.1 Å². The van der Waals surface area contributed by atoms with E-state index in [0.29, 0.717) is 31.3 Å². The van der Waals surface area contributed by atoms with Gasteiger partial charge in [0.2, 0.25) is 12.3 Å². The maximum Gasteiger partial charge on any atom is 0.417 e. The maximum atomic E-state index is 12.5. The third-order valence-corrected chi connectivity index (χ3v) is 3.54. The van der Waals surface area contributed by atoms with Crippen LogP contribution >= 0.6 is 0 Å². The van der Waals surface area contributed by atoms with Crippen molar-refractivity contribution in [3.05, 3.63) is 36.2 Å². The molecule has 9 heteroatoms. The van der Waals surface area contributed by atoms with Gasteiger partial charge in [-0.25, -0.2) is 4.98 Å². The first kappa shape index (κ1) is 14.8. The minimum absolute atomic E-state index is 0.557. The van der Waals surface area contributed by atoms with Gasteiger partial charge in [0.15, 0.2) is 0 Å². The number of hydrogen-bond acceptors (Lipinski definition) is 6. The predicted molar refractivity (Wildman–Crippen MR) is 71.0 cm³/mol. The minimum Gasteiger partial charge on any atom is -0.427 e. The van der Waals surface area contributed by atoms with Gasteiger partial charge in [0, 0.05) is 32.4 Å². The number of alkyl halides is 3. The van der Waals surface area contributed by atoms with Crippen LogP contribution < -0.4 is 4.90 Å². The summed E-state index contributed by atoms with van der Waals surface area (Å²) in [7, 11) is 0. The Morgan fingerprint density at radius 1 is 1.14 bits per heavy atom. The zero-order valence-corrected chi connectivity index (χ0v) is 11.6. The van der Waals surface area contributed by atoms with E-state index in [-0.39, 0.29) is 0 Å². The Labute approximate surface area is 124 Å². The first-order valence-corrected chi connectivity index (χ1v) is 6.78. The number of nitrogens with zero attached hydrogens (tertiary/aromatic N) is 5. The monoisotopic (exact) mass is 313 g/mol. The van der Waals surface area contributed by atoms with Gasteiger partial charge in [-0.3, -0.25) is 4.90 Å². The van der Waals surface area contributed by atoms with Gasteiger partial charge >= 0.3 is 6.18 Å². The molecule has 0 aromatic carbocycles. The van der Waals surface area contributed by atoms with Crippen LogP contribution in [0.2, 0.25) is 0 Å². The van der Waals surface area contributed by atoms with E-state index >= 15 is 0 Å². The van der Waals surface area contributed by atoms with Crippen LogP contribution in [0.5, 0.6) is 0 Å². The molecular weight excluding hydrogens is 299 g/mol. The fraction of sp³-hybridized carbons (Fsp3) is 0.462. The number of rotatable bonds is 3. The lowest BCUT2D eigenvalue weighted by Crippen LogP contribution is -2.46. The van der Waals surface area contributed by atoms with Gasteiger partial charge in [-0.1, -0.05) is 0 Å². The summed E-state index contributed by atoms with van der Waals surface area (Å²) < 4.78 is 42.6. The molecule has 0 atom stereocenters. The molecule has 0 unspecified atom stereocenters. The lowest BCUT2D eigenvalue weighted by Gasteiger charge is -2.34. The number of anilines is 1. The Kier molecular flexibility index (Phi) is 3.97. The average molecular weight is 313 g/mol. The van der Waals surface area contributed by atoms with E-state index in [4.69, 9.17) is 4.42 Å². The SMILES string of the molecule is FC(F)(F)c1ccc(N2CCN(Cc3nnco3)CC2)nc1. The molecule has 0 spiro atoms. The molecule has 3 heterocycles. The third-order valence-electron chi connectivity index (χ3n) is 3.54. The predicted octanol–water partition coefficient (Wildman–Crippen LogP) is 1.81. The van der Waals surface area contributed by atoms with Gasteiger partial charge in [0.25, 0.3) is 0 Å². The highest BCUT2D eigenvalue weighted by Crippen LogP contribution is 2.29. The maximum absolute atomic E-state index is 12.5. The van der Waals surface area contributed by atoms with Crippen molar-refractivity contribution in [2.45, 2.75) is 12.7 Å². The molecule has 1 saturated heterocycles. The number of hydrogen-bond donors (Lipinski definition) is 0. The van der Waals surface area contributed by atoms with Gasteiger partial charge in [0.05, 0.1) is 12.1 Å². The van der Waals surface area contributed by atoms with Crippen LogP contribution in [0.15, 0.2) is 29.1 Å². The van der Waals surface area contributed by atoms with E-state index in [1.165, 1.54) is 12.5 Å². The summed E-state index contributed by atoms with van der Waals surface area (Å²) in [5.74, 6) is 1.12. The van der Waals surface area contributed by atoms with Gasteiger partial charge < -0.3 is 9.32 Å². The topological polar surface area (TPSA) is 58.3 Å². The van der Waals surface area contributed by atoms with Gasteiger partial charge in [-0.15, -0.1) is 10.2 Å². The Morgan fingerprint density at radius 2 is 1.91 bits per heavy atom. The molecule has 22 heavy (non-hydrogen) atoms. The molecule has 0 N–H and O–H groups in total. The van der Waals surface area contributed by atoms with Crippen molar-refractivity contribution in [1.82, 2.24) is 20.1 Å². The zero-order valence-electron chi connectivity index (χ0n) is 11.6. The second kappa shape index (κ2) is 5.91. The van der Waals surface area contributed by atoms with Crippen molar-refractivity contribution in [2.75, 3.05) is 31.1 Å². The number of pyridine rings is 1. The van der Waals surface area contributed by atoms with Crippen molar-refractivity contribution < 1.29 is 17.6 Å². The molecule has 6 nitrogen and oxygen atoms in total. The van der Waals surface area contributed by atoms with E-state index in [0.717, 1.165) is 25.4 Å². The quantitative estimate of drug-likeness (QED) is 0.861. The second-order valence-corrected chi connectivity index (χ2v) is 5.00. The van der Waals surface area contributed by atoms with Crippen LogP contribution in [-0.2, 0) is 12.7 Å². The highest BCUT2D eigenvalue weighted by Gasteiger charge is 2.31. The summed E-state index contributed by atoms with van der Waals surface area (Å²) in [6.45, 7) is 3.46. The fourth-order valence-electron chi connectivity index (χ4n) is 2.33. The van der Waals surface area contributed by atoms with E-state index in [1.807, 2.05) is 4.90 Å². The molecule has 0 saturated carbocycles. The van der Waals surface area contributed by atoms with Crippen LogP contribution in [0.3, 0.4) is 0 Å². The van der Waals surface area contributed by atoms with Crippen LogP contribution in [-0.4, -0.2) is 46.3 Å². The Hall–Kier alpha value is -2.16. The summed E-state index contributed by atoms with van der Waals surface area (Å²) in [6.07, 6.45) is -2.19. The van der Waals surface area contributed by atoms with Crippen LogP contribution in [0, 0.1) is 0 Å². The van der Waals surface area contributed by atoms with Crippen LogP contribution in [0.25, 0.3) is 0 Å². The molecule has 0 bridgehead atoms. The molecular formula is C13H14F3N5O.